The maximum atomic E-state index is 13.1. The van der Waals surface area contributed by atoms with Gasteiger partial charge in [0.05, 0.1) is 26.4 Å². The number of allylic oxidation sites excluding steroid dienone is 4. The lowest BCUT2D eigenvalue weighted by atomic mass is 10.0. The fourth-order valence-electron chi connectivity index (χ4n) is 10.8. The van der Waals surface area contributed by atoms with Crippen LogP contribution in [0.3, 0.4) is 0 Å². The van der Waals surface area contributed by atoms with E-state index < -0.39 is 97.5 Å². The number of rotatable bonds is 71. The van der Waals surface area contributed by atoms with Crippen LogP contribution in [-0.4, -0.2) is 96.7 Å². The quantitative estimate of drug-likeness (QED) is 0.0169. The van der Waals surface area contributed by atoms with Crippen LogP contribution in [0.1, 0.15) is 356 Å². The Hall–Kier alpha value is -2.46. The molecule has 0 aliphatic carbocycles. The Labute approximate surface area is 567 Å². The zero-order valence-corrected chi connectivity index (χ0v) is 61.8. The van der Waals surface area contributed by atoms with Crippen molar-refractivity contribution in [3.05, 3.63) is 24.3 Å². The van der Waals surface area contributed by atoms with Gasteiger partial charge < -0.3 is 33.8 Å². The Morgan fingerprint density at radius 1 is 0.333 bits per heavy atom. The van der Waals surface area contributed by atoms with Crippen LogP contribution >= 0.6 is 15.6 Å². The minimum Gasteiger partial charge on any atom is -0.462 e. The second-order valence-corrected chi connectivity index (χ2v) is 29.9. The summed E-state index contributed by atoms with van der Waals surface area (Å²) in [6, 6.07) is 0. The normalized spacial score (nSPS) is 14.2. The number of hydrogen-bond donors (Lipinski definition) is 3. The summed E-state index contributed by atoms with van der Waals surface area (Å²) in [6.45, 7) is 9.48. The van der Waals surface area contributed by atoms with Crippen molar-refractivity contribution in [3.63, 3.8) is 0 Å². The molecule has 0 fully saturated rings. The van der Waals surface area contributed by atoms with Gasteiger partial charge in [-0.25, -0.2) is 9.13 Å². The fourth-order valence-corrected chi connectivity index (χ4v) is 12.3. The lowest BCUT2D eigenvalue weighted by Gasteiger charge is -2.21. The van der Waals surface area contributed by atoms with Crippen LogP contribution in [0.4, 0.5) is 0 Å². The molecule has 0 aromatic carbocycles. The van der Waals surface area contributed by atoms with Gasteiger partial charge in [0.1, 0.15) is 19.3 Å². The van der Waals surface area contributed by atoms with Crippen molar-refractivity contribution in [1.82, 2.24) is 0 Å². The van der Waals surface area contributed by atoms with Gasteiger partial charge in [0.15, 0.2) is 12.2 Å². The molecule has 2 unspecified atom stereocenters. The molecule has 93 heavy (non-hydrogen) atoms. The average molecular weight is 1360 g/mol. The highest BCUT2D eigenvalue weighted by Crippen LogP contribution is 2.45. The third-order valence-electron chi connectivity index (χ3n) is 16.6. The summed E-state index contributed by atoms with van der Waals surface area (Å²) in [6.07, 6.45) is 55.0. The molecule has 0 amide bonds. The molecule has 548 valence electrons. The van der Waals surface area contributed by atoms with E-state index in [2.05, 4.69) is 65.8 Å². The summed E-state index contributed by atoms with van der Waals surface area (Å²) >= 11 is 0. The molecule has 0 bridgehead atoms. The van der Waals surface area contributed by atoms with Gasteiger partial charge in [-0.2, -0.15) is 0 Å². The van der Waals surface area contributed by atoms with Gasteiger partial charge in [-0.3, -0.25) is 37.3 Å². The van der Waals surface area contributed by atoms with Gasteiger partial charge in [-0.05, 0) is 63.2 Å². The van der Waals surface area contributed by atoms with E-state index in [0.717, 1.165) is 134 Å². The Bertz CT molecular complexity index is 1900. The van der Waals surface area contributed by atoms with Crippen molar-refractivity contribution in [2.45, 2.75) is 374 Å². The van der Waals surface area contributed by atoms with Crippen molar-refractivity contribution < 1.29 is 80.2 Å². The van der Waals surface area contributed by atoms with Crippen LogP contribution in [0.15, 0.2) is 24.3 Å². The molecule has 3 N–H and O–H groups in total. The van der Waals surface area contributed by atoms with Crippen LogP contribution in [-0.2, 0) is 65.4 Å². The van der Waals surface area contributed by atoms with Gasteiger partial charge in [-0.1, -0.05) is 303 Å². The first-order valence-electron chi connectivity index (χ1n) is 37.8. The zero-order chi connectivity index (χ0) is 68.6. The molecular weight excluding hydrogens is 1220 g/mol. The predicted octanol–water partition coefficient (Wildman–Crippen LogP) is 21.1. The number of hydrogen-bond acceptors (Lipinski definition) is 15. The highest BCUT2D eigenvalue weighted by Gasteiger charge is 2.30. The maximum Gasteiger partial charge on any atom is 0.472 e. The topological polar surface area (TPSA) is 237 Å². The number of phosphoric acid groups is 2. The predicted molar refractivity (Wildman–Crippen MR) is 377 cm³/mol. The standard InChI is InChI=1S/C74H140O17P2/c1-7-9-11-13-15-16-17-18-20-24-27-33-39-45-51-57-72(77)85-63-70(91-73(78)58-52-46-40-34-28-25-22-19-21-23-26-31-37-42-48-54-66(3)4)65-89-93(82,83)87-61-68(75)60-86-92(80,81)88-64-69(62-84-71(76)56-50-44-36-14-12-10-8-2)90-74(79)59-53-47-41-35-30-29-32-38-43-49-55-67(5)6/h16-18,20,66-70,75H,7-15,19,21-65H2,1-6H3,(H,80,81)(H,82,83)/b17-16-,20-18-/t68-,69+,70+/m0/s1. The molecule has 0 aliphatic rings. The third kappa shape index (κ3) is 67.9. The van der Waals surface area contributed by atoms with Crippen molar-refractivity contribution >= 4 is 39.5 Å². The first kappa shape index (κ1) is 90.5. The molecule has 17 nitrogen and oxygen atoms in total. The Morgan fingerprint density at radius 2 is 0.581 bits per heavy atom. The number of carbonyl (C=O) groups excluding carboxylic acids is 4. The molecule has 0 aromatic heterocycles. The molecule has 0 heterocycles. The summed E-state index contributed by atoms with van der Waals surface area (Å²) < 4.78 is 68.3. The molecule has 0 aliphatic heterocycles. The van der Waals surface area contributed by atoms with E-state index in [1.807, 2.05) is 0 Å². The van der Waals surface area contributed by atoms with Crippen LogP contribution in [0.5, 0.6) is 0 Å². The smallest absolute Gasteiger partial charge is 0.462 e. The van der Waals surface area contributed by atoms with Gasteiger partial charge in [0, 0.05) is 25.7 Å². The van der Waals surface area contributed by atoms with E-state index >= 15 is 0 Å². The van der Waals surface area contributed by atoms with Crippen molar-refractivity contribution in [2.24, 2.45) is 11.8 Å². The van der Waals surface area contributed by atoms with E-state index in [1.54, 1.807) is 0 Å². The largest absolute Gasteiger partial charge is 0.472 e. The highest BCUT2D eigenvalue weighted by atomic mass is 31.2. The molecule has 0 rings (SSSR count). The van der Waals surface area contributed by atoms with E-state index in [9.17, 15) is 43.2 Å². The van der Waals surface area contributed by atoms with Gasteiger partial charge in [-0.15, -0.1) is 0 Å². The molecule has 0 saturated heterocycles. The van der Waals surface area contributed by atoms with Gasteiger partial charge in [0.25, 0.3) is 0 Å². The number of carbonyl (C=O) groups is 4. The molecular formula is C74H140O17P2. The molecule has 19 heteroatoms. The van der Waals surface area contributed by atoms with E-state index in [0.29, 0.717) is 25.7 Å². The summed E-state index contributed by atoms with van der Waals surface area (Å²) in [5.74, 6) is -0.602. The SMILES string of the molecule is CCCCCC/C=C\C=C/CCCCCCCC(=O)OC[C@H](COP(=O)(O)OC[C@@H](O)COP(=O)(O)OC[C@@H](COC(=O)CCCCCCCCC)OC(=O)CCCCCCCCCCCCC(C)C)OC(=O)CCCCCCCCCCCCCCCCCC(C)C. The van der Waals surface area contributed by atoms with Crippen LogP contribution in [0.25, 0.3) is 0 Å². The number of ether oxygens (including phenoxy) is 4. The summed E-state index contributed by atoms with van der Waals surface area (Å²) in [4.78, 5) is 72.6. The second-order valence-electron chi connectivity index (χ2n) is 27.0. The van der Waals surface area contributed by atoms with Crippen LogP contribution in [0, 0.1) is 11.8 Å². The first-order chi connectivity index (χ1) is 44.9. The van der Waals surface area contributed by atoms with Gasteiger partial charge >= 0.3 is 39.5 Å². The number of unbranched alkanes of at least 4 members (excludes halogenated alkanes) is 38. The minimum absolute atomic E-state index is 0.101. The Kier molecular flexibility index (Phi) is 63.7. The second kappa shape index (κ2) is 65.5. The monoisotopic (exact) mass is 1360 g/mol. The summed E-state index contributed by atoms with van der Waals surface area (Å²) in [5.41, 5.74) is 0. The molecule has 0 aromatic rings. The maximum absolute atomic E-state index is 13.1. The summed E-state index contributed by atoms with van der Waals surface area (Å²) in [7, 11) is -9.91. The number of esters is 4. The molecule has 5 atom stereocenters. The van der Waals surface area contributed by atoms with Crippen molar-refractivity contribution in [3.8, 4) is 0 Å². The number of aliphatic hydroxyl groups is 1. The first-order valence-corrected chi connectivity index (χ1v) is 40.8. The number of aliphatic hydroxyl groups excluding tert-OH is 1. The van der Waals surface area contributed by atoms with Crippen molar-refractivity contribution in [2.75, 3.05) is 39.6 Å². The lowest BCUT2D eigenvalue weighted by molar-refractivity contribution is -0.161. The van der Waals surface area contributed by atoms with E-state index in [4.69, 9.17) is 37.0 Å². The fraction of sp³-hybridized carbons (Fsp3) is 0.892. The highest BCUT2D eigenvalue weighted by molar-refractivity contribution is 7.47. The molecule has 0 spiro atoms. The van der Waals surface area contributed by atoms with E-state index in [1.165, 1.54) is 141 Å². The van der Waals surface area contributed by atoms with Crippen LogP contribution < -0.4 is 0 Å². The lowest BCUT2D eigenvalue weighted by Crippen LogP contribution is -2.30. The molecule has 0 radical (unpaired) electrons. The average Bonchev–Trinajstić information content (AvgIpc) is 3.00. The summed E-state index contributed by atoms with van der Waals surface area (Å²) in [5, 5.41) is 10.6. The van der Waals surface area contributed by atoms with E-state index in [-0.39, 0.29) is 25.7 Å². The zero-order valence-electron chi connectivity index (χ0n) is 60.0. The van der Waals surface area contributed by atoms with Gasteiger partial charge in [0.2, 0.25) is 0 Å². The third-order valence-corrected chi connectivity index (χ3v) is 18.5. The molecule has 0 saturated carbocycles. The Morgan fingerprint density at radius 3 is 0.882 bits per heavy atom. The van der Waals surface area contributed by atoms with Crippen LogP contribution in [0.2, 0.25) is 0 Å². The Balaban J connectivity index is 5.24. The van der Waals surface area contributed by atoms with Crippen molar-refractivity contribution in [1.29, 1.82) is 0 Å². The number of phosphoric ester groups is 2. The minimum atomic E-state index is -4.96.